The fraction of sp³-hybridized carbons (Fsp3) is 0.350. The predicted molar refractivity (Wildman–Crippen MR) is 96.5 cm³/mol. The van der Waals surface area contributed by atoms with E-state index in [0.29, 0.717) is 0 Å². The number of aromatic hydroxyl groups is 1. The first-order valence-corrected chi connectivity index (χ1v) is 7.93. The van der Waals surface area contributed by atoms with Gasteiger partial charge in [0.2, 0.25) is 0 Å². The molecule has 124 valence electrons. The highest BCUT2D eigenvalue weighted by Gasteiger charge is 2.09. The molecule has 0 heterocycles. The number of phenols is 1. The number of rotatable bonds is 3. The van der Waals surface area contributed by atoms with Crippen molar-refractivity contribution >= 4 is 0 Å². The van der Waals surface area contributed by atoms with Crippen molar-refractivity contribution in [1.82, 2.24) is 0 Å². The molecule has 2 aromatic carbocycles. The van der Waals surface area contributed by atoms with Crippen molar-refractivity contribution in [1.29, 1.82) is 5.26 Å². The third-order valence-electron chi connectivity index (χ3n) is 3.30. The Balaban J connectivity index is 0.00000112. The smallest absolute Gasteiger partial charge is 0.115 e. The topological polar surface area (TPSA) is 64.2 Å². The lowest BCUT2D eigenvalue weighted by Crippen LogP contribution is -1.93. The van der Waals surface area contributed by atoms with Gasteiger partial charge in [0.25, 0.3) is 0 Å². The van der Waals surface area contributed by atoms with Crippen LogP contribution in [0.1, 0.15) is 43.9 Å². The lowest BCUT2D eigenvalue weighted by atomic mass is 9.93. The maximum atomic E-state index is 9.36. The largest absolute Gasteiger partial charge is 0.508 e. The average molecular weight is 313 g/mol. The van der Waals surface area contributed by atoms with Crippen LogP contribution in [0.4, 0.5) is 0 Å². The summed E-state index contributed by atoms with van der Waals surface area (Å²) in [5, 5.41) is 25.6. The Morgan fingerprint density at radius 3 is 2.09 bits per heavy atom. The molecule has 0 unspecified atom stereocenters. The van der Waals surface area contributed by atoms with Crippen LogP contribution in [0.5, 0.6) is 5.75 Å². The SMILES string of the molecule is CC.CCCc1cc(C#N)c(C)c(-c2ccc(O)cc2)c1.CO. The Hall–Kier alpha value is -2.31. The number of nitrogens with zero attached hydrogens (tertiary/aromatic N) is 1. The summed E-state index contributed by atoms with van der Waals surface area (Å²) in [6, 6.07) is 13.5. The minimum absolute atomic E-state index is 0.256. The molecule has 0 aliphatic heterocycles. The molecule has 0 saturated carbocycles. The van der Waals surface area contributed by atoms with Crippen molar-refractivity contribution in [2.45, 2.75) is 40.5 Å². The quantitative estimate of drug-likeness (QED) is 0.853. The molecular formula is C20H27NO2. The van der Waals surface area contributed by atoms with E-state index in [4.69, 9.17) is 5.11 Å². The molecule has 3 heteroatoms. The lowest BCUT2D eigenvalue weighted by Gasteiger charge is -2.11. The Bertz CT molecular complexity index is 625. The van der Waals surface area contributed by atoms with Gasteiger partial charge in [-0.2, -0.15) is 5.26 Å². The van der Waals surface area contributed by atoms with Gasteiger partial charge in [0.05, 0.1) is 11.6 Å². The highest BCUT2D eigenvalue weighted by Crippen LogP contribution is 2.29. The van der Waals surface area contributed by atoms with Gasteiger partial charge in [0, 0.05) is 7.11 Å². The van der Waals surface area contributed by atoms with Crippen LogP contribution in [0.25, 0.3) is 11.1 Å². The monoisotopic (exact) mass is 313 g/mol. The highest BCUT2D eigenvalue weighted by atomic mass is 16.3. The number of aryl methyl sites for hydroxylation is 1. The fourth-order valence-electron chi connectivity index (χ4n) is 2.26. The summed E-state index contributed by atoms with van der Waals surface area (Å²) in [7, 11) is 1.00. The van der Waals surface area contributed by atoms with Gasteiger partial charge in [0.1, 0.15) is 5.75 Å². The molecule has 0 fully saturated rings. The van der Waals surface area contributed by atoms with Crippen molar-refractivity contribution < 1.29 is 10.2 Å². The van der Waals surface area contributed by atoms with Crippen molar-refractivity contribution in [2.24, 2.45) is 0 Å². The molecule has 0 aliphatic carbocycles. The molecule has 0 saturated heterocycles. The van der Waals surface area contributed by atoms with Gasteiger partial charge in [-0.25, -0.2) is 0 Å². The van der Waals surface area contributed by atoms with Crippen molar-refractivity contribution in [3.63, 3.8) is 0 Å². The average Bonchev–Trinajstić information content (AvgIpc) is 2.61. The van der Waals surface area contributed by atoms with E-state index in [0.717, 1.165) is 42.2 Å². The van der Waals surface area contributed by atoms with Gasteiger partial charge < -0.3 is 10.2 Å². The molecule has 0 aliphatic rings. The number of aliphatic hydroxyl groups excluding tert-OH is 1. The molecule has 0 bridgehead atoms. The van der Waals surface area contributed by atoms with Crippen LogP contribution in [0.15, 0.2) is 36.4 Å². The van der Waals surface area contributed by atoms with Crippen LogP contribution < -0.4 is 0 Å². The van der Waals surface area contributed by atoms with E-state index < -0.39 is 0 Å². The van der Waals surface area contributed by atoms with Crippen LogP contribution in [0.2, 0.25) is 0 Å². The molecule has 2 aromatic rings. The molecule has 3 nitrogen and oxygen atoms in total. The summed E-state index contributed by atoms with van der Waals surface area (Å²) in [5.74, 6) is 0.256. The summed E-state index contributed by atoms with van der Waals surface area (Å²) in [5.41, 5.74) is 5.02. The summed E-state index contributed by atoms with van der Waals surface area (Å²) < 4.78 is 0. The number of hydrogen-bond acceptors (Lipinski definition) is 3. The van der Waals surface area contributed by atoms with E-state index in [2.05, 4.69) is 19.1 Å². The first-order chi connectivity index (χ1) is 11.2. The van der Waals surface area contributed by atoms with E-state index in [9.17, 15) is 10.4 Å². The fourth-order valence-corrected chi connectivity index (χ4v) is 2.26. The Labute approximate surface area is 139 Å². The zero-order chi connectivity index (χ0) is 17.8. The molecular weight excluding hydrogens is 286 g/mol. The summed E-state index contributed by atoms with van der Waals surface area (Å²) >= 11 is 0. The number of nitriles is 1. The van der Waals surface area contributed by atoms with Gasteiger partial charge in [-0.3, -0.25) is 0 Å². The zero-order valence-electron chi connectivity index (χ0n) is 14.7. The molecule has 2 N–H and O–H groups in total. The van der Waals surface area contributed by atoms with Crippen molar-refractivity contribution in [3.8, 4) is 22.9 Å². The van der Waals surface area contributed by atoms with Gasteiger partial charge in [0.15, 0.2) is 0 Å². The highest BCUT2D eigenvalue weighted by molar-refractivity contribution is 5.71. The Kier molecular flexibility index (Phi) is 10.1. The Morgan fingerprint density at radius 1 is 1.04 bits per heavy atom. The van der Waals surface area contributed by atoms with Gasteiger partial charge in [-0.05, 0) is 53.8 Å². The third-order valence-corrected chi connectivity index (χ3v) is 3.30. The molecule has 0 aromatic heterocycles. The maximum Gasteiger partial charge on any atom is 0.115 e. The summed E-state index contributed by atoms with van der Waals surface area (Å²) in [6.45, 7) is 8.10. The maximum absolute atomic E-state index is 9.36. The van der Waals surface area contributed by atoms with Crippen molar-refractivity contribution in [2.75, 3.05) is 7.11 Å². The van der Waals surface area contributed by atoms with Gasteiger partial charge in [-0.1, -0.05) is 45.4 Å². The van der Waals surface area contributed by atoms with E-state index >= 15 is 0 Å². The van der Waals surface area contributed by atoms with Gasteiger partial charge in [-0.15, -0.1) is 0 Å². The standard InChI is InChI=1S/C17H17NO.C2H6.CH4O/c1-3-4-13-9-15(11-18)12(2)17(10-13)14-5-7-16(19)8-6-14;2*1-2/h5-10,19H,3-4H2,1-2H3;1-2H3;2H,1H3. The first kappa shape index (κ1) is 20.7. The number of hydrogen-bond donors (Lipinski definition) is 2. The third kappa shape index (κ3) is 5.77. The Morgan fingerprint density at radius 2 is 1.61 bits per heavy atom. The van der Waals surface area contributed by atoms with Gasteiger partial charge >= 0.3 is 0 Å². The molecule has 0 spiro atoms. The second-order valence-corrected chi connectivity index (χ2v) is 4.72. The van der Waals surface area contributed by atoms with E-state index in [1.54, 1.807) is 12.1 Å². The van der Waals surface area contributed by atoms with Crippen LogP contribution in [-0.2, 0) is 6.42 Å². The molecule has 23 heavy (non-hydrogen) atoms. The molecule has 0 amide bonds. The molecule has 0 atom stereocenters. The number of benzene rings is 2. The second kappa shape index (κ2) is 11.3. The minimum atomic E-state index is 0.256. The lowest BCUT2D eigenvalue weighted by molar-refractivity contribution is 0.399. The van der Waals surface area contributed by atoms with E-state index in [1.807, 2.05) is 39.0 Å². The zero-order valence-corrected chi connectivity index (χ0v) is 14.7. The van der Waals surface area contributed by atoms with Crippen molar-refractivity contribution in [3.05, 3.63) is 53.1 Å². The molecule has 2 rings (SSSR count). The van der Waals surface area contributed by atoms with E-state index in [1.165, 1.54) is 5.56 Å². The predicted octanol–water partition coefficient (Wildman–Crippen LogP) is 4.83. The van der Waals surface area contributed by atoms with Crippen LogP contribution in [0.3, 0.4) is 0 Å². The summed E-state index contributed by atoms with van der Waals surface area (Å²) in [6.07, 6.45) is 2.03. The summed E-state index contributed by atoms with van der Waals surface area (Å²) in [4.78, 5) is 0. The van der Waals surface area contributed by atoms with Crippen LogP contribution >= 0.6 is 0 Å². The van der Waals surface area contributed by atoms with E-state index in [-0.39, 0.29) is 5.75 Å². The number of aliphatic hydroxyl groups is 1. The van der Waals surface area contributed by atoms with Crippen LogP contribution in [0, 0.1) is 18.3 Å². The first-order valence-electron chi connectivity index (χ1n) is 7.93. The molecule has 0 radical (unpaired) electrons. The second-order valence-electron chi connectivity index (χ2n) is 4.72. The minimum Gasteiger partial charge on any atom is -0.508 e. The normalized spacial score (nSPS) is 8.91. The number of phenolic OH excluding ortho intramolecular Hbond substituents is 1. The van der Waals surface area contributed by atoms with Crippen LogP contribution in [-0.4, -0.2) is 17.3 Å².